The van der Waals surface area contributed by atoms with Crippen molar-refractivity contribution in [1.82, 2.24) is 9.97 Å². The van der Waals surface area contributed by atoms with Crippen molar-refractivity contribution in [2.75, 3.05) is 0 Å². The maximum atomic E-state index is 9.63. The molecule has 9 rings (SSSR count). The summed E-state index contributed by atoms with van der Waals surface area (Å²) in [5, 5.41) is 11.9. The SMILES string of the molecule is CC1(C)c2cc(C#N)ccc2Oc2c(-c3ccccc3-c3cc(-c4ccc(-c5ccccc5)c5ccccc45)nc(-c4ccccc4)n3)cccc21. The van der Waals surface area contributed by atoms with E-state index in [1.807, 2.05) is 42.5 Å². The molecular formula is C48H33N3O. The molecule has 1 aliphatic heterocycles. The molecule has 7 aromatic carbocycles. The molecule has 0 saturated heterocycles. The largest absolute Gasteiger partial charge is 0.456 e. The van der Waals surface area contributed by atoms with Gasteiger partial charge in [0.2, 0.25) is 0 Å². The molecule has 0 unspecified atom stereocenters. The van der Waals surface area contributed by atoms with Gasteiger partial charge in [-0.1, -0.05) is 153 Å². The van der Waals surface area contributed by atoms with Crippen LogP contribution in [-0.2, 0) is 5.41 Å². The third kappa shape index (κ3) is 5.23. The fourth-order valence-electron chi connectivity index (χ4n) is 7.56. The molecule has 0 radical (unpaired) electrons. The van der Waals surface area contributed by atoms with Crippen LogP contribution in [0.3, 0.4) is 0 Å². The molecule has 0 fully saturated rings. The van der Waals surface area contributed by atoms with Crippen molar-refractivity contribution >= 4 is 10.8 Å². The van der Waals surface area contributed by atoms with Gasteiger partial charge in [-0.05, 0) is 51.7 Å². The van der Waals surface area contributed by atoms with E-state index in [-0.39, 0.29) is 5.41 Å². The lowest BCUT2D eigenvalue weighted by molar-refractivity contribution is 0.419. The second-order valence-corrected chi connectivity index (χ2v) is 13.7. The summed E-state index contributed by atoms with van der Waals surface area (Å²) in [4.78, 5) is 10.5. The van der Waals surface area contributed by atoms with E-state index in [0.717, 1.165) is 67.2 Å². The van der Waals surface area contributed by atoms with Gasteiger partial charge in [-0.25, -0.2) is 9.97 Å². The number of rotatable bonds is 5. The van der Waals surface area contributed by atoms with E-state index >= 15 is 0 Å². The van der Waals surface area contributed by atoms with E-state index < -0.39 is 0 Å². The quantitative estimate of drug-likeness (QED) is 0.183. The molecule has 1 aliphatic rings. The molecule has 1 aromatic heterocycles. The highest BCUT2D eigenvalue weighted by Crippen LogP contribution is 2.52. The Morgan fingerprint density at radius 2 is 1.10 bits per heavy atom. The monoisotopic (exact) mass is 667 g/mol. The zero-order valence-corrected chi connectivity index (χ0v) is 28.8. The van der Waals surface area contributed by atoms with E-state index in [4.69, 9.17) is 14.7 Å². The molecule has 52 heavy (non-hydrogen) atoms. The first-order chi connectivity index (χ1) is 25.5. The highest BCUT2D eigenvalue weighted by Gasteiger charge is 2.36. The standard InChI is InChI=1S/C48H33N3O/c1-48(2)41-23-13-22-40(46(41)52-45-27-24-31(30-49)28-42(45)48)37-20-11-12-21-38(37)43-29-44(51-47(50-43)33-16-7-4-8-17-33)39-26-25-34(32-14-5-3-6-15-32)35-18-9-10-19-36(35)39/h3-29H,1-2H3. The van der Waals surface area contributed by atoms with Crippen molar-refractivity contribution in [3.05, 3.63) is 180 Å². The molecule has 0 aliphatic carbocycles. The Kier molecular flexibility index (Phi) is 7.49. The van der Waals surface area contributed by atoms with Crippen molar-refractivity contribution in [2.24, 2.45) is 0 Å². The van der Waals surface area contributed by atoms with Gasteiger partial charge in [0.25, 0.3) is 0 Å². The Balaban J connectivity index is 1.24. The van der Waals surface area contributed by atoms with Crippen molar-refractivity contribution in [3.8, 4) is 73.7 Å². The van der Waals surface area contributed by atoms with Crippen LogP contribution in [-0.4, -0.2) is 9.97 Å². The average molecular weight is 668 g/mol. The zero-order valence-electron chi connectivity index (χ0n) is 28.8. The van der Waals surface area contributed by atoms with Gasteiger partial charge in [0, 0.05) is 38.8 Å². The first kappa shape index (κ1) is 31.2. The fourth-order valence-corrected chi connectivity index (χ4v) is 7.56. The third-order valence-corrected chi connectivity index (χ3v) is 10.2. The van der Waals surface area contributed by atoms with Crippen molar-refractivity contribution in [1.29, 1.82) is 5.26 Å². The predicted octanol–water partition coefficient (Wildman–Crippen LogP) is 12.3. The van der Waals surface area contributed by atoms with Crippen LogP contribution in [0.15, 0.2) is 164 Å². The second kappa shape index (κ2) is 12.5. The molecule has 4 heteroatoms. The molecule has 4 nitrogen and oxygen atoms in total. The van der Waals surface area contributed by atoms with E-state index in [1.165, 1.54) is 16.5 Å². The van der Waals surface area contributed by atoms with E-state index in [2.05, 4.69) is 141 Å². The minimum absolute atomic E-state index is 0.379. The Morgan fingerprint density at radius 3 is 1.83 bits per heavy atom. The number of fused-ring (bicyclic) bond motifs is 3. The van der Waals surface area contributed by atoms with Crippen molar-refractivity contribution in [3.63, 3.8) is 0 Å². The maximum Gasteiger partial charge on any atom is 0.160 e. The van der Waals surface area contributed by atoms with E-state index in [9.17, 15) is 5.26 Å². The molecule has 0 amide bonds. The van der Waals surface area contributed by atoms with Gasteiger partial charge >= 0.3 is 0 Å². The predicted molar refractivity (Wildman–Crippen MR) is 210 cm³/mol. The molecule has 0 saturated carbocycles. The molecule has 246 valence electrons. The Hall–Kier alpha value is -6.83. The van der Waals surface area contributed by atoms with E-state index in [1.54, 1.807) is 0 Å². The van der Waals surface area contributed by atoms with Crippen LogP contribution < -0.4 is 4.74 Å². The summed E-state index contributed by atoms with van der Waals surface area (Å²) in [7, 11) is 0. The molecule has 0 spiro atoms. The first-order valence-corrected chi connectivity index (χ1v) is 17.5. The molecule has 2 heterocycles. The number of hydrogen-bond acceptors (Lipinski definition) is 4. The Bertz CT molecular complexity index is 2690. The summed E-state index contributed by atoms with van der Waals surface area (Å²) in [6, 6.07) is 58.5. The number of para-hydroxylation sites is 1. The number of hydrogen-bond donors (Lipinski definition) is 0. The van der Waals surface area contributed by atoms with Crippen molar-refractivity contribution < 1.29 is 4.74 Å². The van der Waals surface area contributed by atoms with Gasteiger partial charge in [-0.15, -0.1) is 0 Å². The number of nitrogens with zero attached hydrogens (tertiary/aromatic N) is 3. The topological polar surface area (TPSA) is 58.8 Å². The van der Waals surface area contributed by atoms with Crippen LogP contribution >= 0.6 is 0 Å². The Morgan fingerprint density at radius 1 is 0.500 bits per heavy atom. The minimum Gasteiger partial charge on any atom is -0.456 e. The number of aromatic nitrogens is 2. The average Bonchev–Trinajstić information content (AvgIpc) is 3.21. The summed E-state index contributed by atoms with van der Waals surface area (Å²) in [6.07, 6.45) is 0. The fraction of sp³-hybridized carbons (Fsp3) is 0.0625. The lowest BCUT2D eigenvalue weighted by Gasteiger charge is -2.35. The van der Waals surface area contributed by atoms with Gasteiger partial charge in [-0.2, -0.15) is 5.26 Å². The Labute approximate surface area is 303 Å². The smallest absolute Gasteiger partial charge is 0.160 e. The van der Waals surface area contributed by atoms with Gasteiger partial charge in [0.15, 0.2) is 5.82 Å². The van der Waals surface area contributed by atoms with Gasteiger partial charge in [0.05, 0.1) is 23.0 Å². The molecule has 8 aromatic rings. The third-order valence-electron chi connectivity index (χ3n) is 10.2. The van der Waals surface area contributed by atoms with Crippen LogP contribution in [0.2, 0.25) is 0 Å². The summed E-state index contributed by atoms with van der Waals surface area (Å²) < 4.78 is 6.73. The number of ether oxygens (including phenoxy) is 1. The highest BCUT2D eigenvalue weighted by atomic mass is 16.5. The van der Waals surface area contributed by atoms with E-state index in [0.29, 0.717) is 11.4 Å². The minimum atomic E-state index is -0.379. The van der Waals surface area contributed by atoms with Crippen LogP contribution in [0.5, 0.6) is 11.5 Å². The normalized spacial score (nSPS) is 12.7. The second-order valence-electron chi connectivity index (χ2n) is 13.7. The van der Waals surface area contributed by atoms with Crippen LogP contribution in [0.1, 0.15) is 30.5 Å². The summed E-state index contributed by atoms with van der Waals surface area (Å²) in [5.41, 5.74) is 11.3. The van der Waals surface area contributed by atoms with Gasteiger partial charge in [0.1, 0.15) is 11.5 Å². The summed E-state index contributed by atoms with van der Waals surface area (Å²) in [6.45, 7) is 4.39. The van der Waals surface area contributed by atoms with Crippen LogP contribution in [0, 0.1) is 11.3 Å². The lowest BCUT2D eigenvalue weighted by Crippen LogP contribution is -2.24. The number of nitriles is 1. The molecular weight excluding hydrogens is 635 g/mol. The van der Waals surface area contributed by atoms with Crippen molar-refractivity contribution in [2.45, 2.75) is 19.3 Å². The van der Waals surface area contributed by atoms with Gasteiger partial charge in [-0.3, -0.25) is 0 Å². The van der Waals surface area contributed by atoms with Crippen LogP contribution in [0.25, 0.3) is 66.9 Å². The zero-order chi connectivity index (χ0) is 35.2. The highest BCUT2D eigenvalue weighted by molar-refractivity contribution is 6.05. The maximum absolute atomic E-state index is 9.63. The molecule has 0 bridgehead atoms. The number of benzene rings is 7. The molecule has 0 atom stereocenters. The lowest BCUT2D eigenvalue weighted by atomic mass is 9.74. The summed E-state index contributed by atoms with van der Waals surface area (Å²) >= 11 is 0. The molecule has 0 N–H and O–H groups in total. The van der Waals surface area contributed by atoms with Gasteiger partial charge < -0.3 is 4.74 Å². The first-order valence-electron chi connectivity index (χ1n) is 17.5. The van der Waals surface area contributed by atoms with Crippen LogP contribution in [0.4, 0.5) is 0 Å². The summed E-state index contributed by atoms with van der Waals surface area (Å²) in [5.74, 6) is 2.24.